The Morgan fingerprint density at radius 3 is 2.92 bits per heavy atom. The summed E-state index contributed by atoms with van der Waals surface area (Å²) in [6.45, 7) is 2.71. The first kappa shape index (κ1) is 16.3. The van der Waals surface area contributed by atoms with E-state index in [0.717, 1.165) is 30.8 Å². The number of ether oxygens (including phenoxy) is 1. The first-order chi connectivity index (χ1) is 11.7. The summed E-state index contributed by atoms with van der Waals surface area (Å²) in [7, 11) is 1.71. The van der Waals surface area contributed by atoms with Gasteiger partial charge in [0.1, 0.15) is 11.6 Å². The number of aromatic nitrogens is 1. The highest BCUT2D eigenvalue weighted by Crippen LogP contribution is 2.38. The minimum absolute atomic E-state index is 0.0770. The number of rotatable bonds is 6. The lowest BCUT2D eigenvalue weighted by Gasteiger charge is -2.15. The maximum absolute atomic E-state index is 11.9. The van der Waals surface area contributed by atoms with Gasteiger partial charge in [-0.3, -0.25) is 4.79 Å². The van der Waals surface area contributed by atoms with Gasteiger partial charge in [0.25, 0.3) is 5.91 Å². The van der Waals surface area contributed by atoms with Crippen molar-refractivity contribution >= 4 is 11.7 Å². The summed E-state index contributed by atoms with van der Waals surface area (Å²) in [5.41, 5.74) is 3.12. The summed E-state index contributed by atoms with van der Waals surface area (Å²) < 4.78 is 5.44. The fourth-order valence-corrected chi connectivity index (χ4v) is 3.09. The van der Waals surface area contributed by atoms with Crippen molar-refractivity contribution in [3.8, 4) is 5.75 Å². The normalized spacial score (nSPS) is 15.7. The van der Waals surface area contributed by atoms with Crippen molar-refractivity contribution in [1.29, 1.82) is 0 Å². The second kappa shape index (κ2) is 7.34. The smallest absolute Gasteiger partial charge is 0.252 e. The molecule has 1 aromatic carbocycles. The van der Waals surface area contributed by atoms with Crippen molar-refractivity contribution in [2.24, 2.45) is 0 Å². The molecule has 0 radical (unpaired) electrons. The Bertz CT molecular complexity index is 713. The van der Waals surface area contributed by atoms with E-state index in [1.165, 1.54) is 11.1 Å². The molecule has 1 aromatic heterocycles. The fraction of sp³-hybridized carbons (Fsp3) is 0.368. The average molecular weight is 325 g/mol. The lowest BCUT2D eigenvalue weighted by atomic mass is 10.1. The average Bonchev–Trinajstić information content (AvgIpc) is 3.03. The third-order valence-electron chi connectivity index (χ3n) is 4.33. The lowest BCUT2D eigenvalue weighted by molar-refractivity contribution is 0.0953. The first-order valence-electron chi connectivity index (χ1n) is 8.39. The number of pyridine rings is 1. The maximum atomic E-state index is 11.9. The molecule has 5 heteroatoms. The van der Waals surface area contributed by atoms with Crippen LogP contribution in [0.5, 0.6) is 5.75 Å². The Labute approximate surface area is 142 Å². The molecule has 126 valence electrons. The van der Waals surface area contributed by atoms with E-state index in [1.54, 1.807) is 13.3 Å². The number of benzene rings is 1. The molecule has 1 amide bonds. The topological polar surface area (TPSA) is 63.2 Å². The molecule has 2 aromatic rings. The van der Waals surface area contributed by atoms with Gasteiger partial charge in [-0.15, -0.1) is 0 Å². The third-order valence-corrected chi connectivity index (χ3v) is 4.33. The van der Waals surface area contributed by atoms with Gasteiger partial charge in [-0.25, -0.2) is 4.98 Å². The minimum Gasteiger partial charge on any atom is -0.496 e. The molecule has 0 fully saturated rings. The maximum Gasteiger partial charge on any atom is 0.252 e. The number of nitrogens with one attached hydrogen (secondary N) is 2. The number of nitrogens with zero attached hydrogens (tertiary/aromatic N) is 1. The Morgan fingerprint density at radius 1 is 1.33 bits per heavy atom. The minimum atomic E-state index is -0.0770. The summed E-state index contributed by atoms with van der Waals surface area (Å²) in [4.78, 5) is 16.3. The van der Waals surface area contributed by atoms with E-state index in [1.807, 2.05) is 31.2 Å². The van der Waals surface area contributed by atoms with Crippen LogP contribution in [0.15, 0.2) is 36.5 Å². The molecule has 1 aliphatic rings. The summed E-state index contributed by atoms with van der Waals surface area (Å²) in [6, 6.07) is 10.0. The quantitative estimate of drug-likeness (QED) is 0.855. The number of hydrogen-bond acceptors (Lipinski definition) is 4. The lowest BCUT2D eigenvalue weighted by Crippen LogP contribution is -2.24. The van der Waals surface area contributed by atoms with E-state index in [9.17, 15) is 4.79 Å². The zero-order valence-corrected chi connectivity index (χ0v) is 14.1. The van der Waals surface area contributed by atoms with E-state index < -0.39 is 0 Å². The van der Waals surface area contributed by atoms with Gasteiger partial charge in [0.2, 0.25) is 0 Å². The number of anilines is 1. The van der Waals surface area contributed by atoms with Crippen LogP contribution in [-0.2, 0) is 6.42 Å². The van der Waals surface area contributed by atoms with Crippen LogP contribution in [0.2, 0.25) is 0 Å². The van der Waals surface area contributed by atoms with Crippen molar-refractivity contribution in [2.75, 3.05) is 19.0 Å². The molecule has 1 aliphatic carbocycles. The van der Waals surface area contributed by atoms with Gasteiger partial charge in [-0.2, -0.15) is 0 Å². The largest absolute Gasteiger partial charge is 0.496 e. The summed E-state index contributed by atoms with van der Waals surface area (Å²) in [5, 5.41) is 6.31. The van der Waals surface area contributed by atoms with Crippen molar-refractivity contribution < 1.29 is 9.53 Å². The molecule has 3 rings (SSSR count). The molecular weight excluding hydrogens is 302 g/mol. The predicted molar refractivity (Wildman–Crippen MR) is 94.5 cm³/mol. The van der Waals surface area contributed by atoms with E-state index in [-0.39, 0.29) is 11.9 Å². The summed E-state index contributed by atoms with van der Waals surface area (Å²) in [5.74, 6) is 1.65. The Hall–Kier alpha value is -2.56. The van der Waals surface area contributed by atoms with Crippen molar-refractivity contribution in [2.45, 2.75) is 32.2 Å². The van der Waals surface area contributed by atoms with Crippen molar-refractivity contribution in [3.05, 3.63) is 53.2 Å². The van der Waals surface area contributed by atoms with E-state index in [0.29, 0.717) is 12.1 Å². The molecule has 0 saturated carbocycles. The van der Waals surface area contributed by atoms with Crippen LogP contribution in [0.1, 0.15) is 47.3 Å². The van der Waals surface area contributed by atoms with Gasteiger partial charge >= 0.3 is 0 Å². The molecule has 0 aliphatic heterocycles. The van der Waals surface area contributed by atoms with Crippen molar-refractivity contribution in [1.82, 2.24) is 10.3 Å². The third kappa shape index (κ3) is 3.35. The number of carbonyl (C=O) groups excluding carboxylic acids is 1. The number of methoxy groups -OCH3 is 1. The monoisotopic (exact) mass is 325 g/mol. The molecule has 1 unspecified atom stereocenters. The van der Waals surface area contributed by atoms with Gasteiger partial charge in [0, 0.05) is 12.7 Å². The van der Waals surface area contributed by atoms with Crippen LogP contribution < -0.4 is 15.4 Å². The highest BCUT2D eigenvalue weighted by molar-refractivity contribution is 5.94. The van der Waals surface area contributed by atoms with Crippen LogP contribution >= 0.6 is 0 Å². The zero-order valence-electron chi connectivity index (χ0n) is 14.1. The van der Waals surface area contributed by atoms with Crippen LogP contribution in [0.3, 0.4) is 0 Å². The van der Waals surface area contributed by atoms with Gasteiger partial charge in [0.15, 0.2) is 0 Å². The van der Waals surface area contributed by atoms with Crippen molar-refractivity contribution in [3.63, 3.8) is 0 Å². The predicted octanol–water partition coefficient (Wildman–Crippen LogP) is 3.33. The van der Waals surface area contributed by atoms with Crippen LogP contribution in [0.25, 0.3) is 0 Å². The zero-order chi connectivity index (χ0) is 16.9. The number of carbonyl (C=O) groups is 1. The van der Waals surface area contributed by atoms with Gasteiger partial charge in [-0.05, 0) is 48.6 Å². The summed E-state index contributed by atoms with van der Waals surface area (Å²) in [6.07, 6.45) is 4.54. The molecule has 2 N–H and O–H groups in total. The van der Waals surface area contributed by atoms with Crippen LogP contribution in [0, 0.1) is 0 Å². The number of hydrogen-bond donors (Lipinski definition) is 2. The van der Waals surface area contributed by atoms with Gasteiger partial charge < -0.3 is 15.4 Å². The molecule has 0 saturated heterocycles. The van der Waals surface area contributed by atoms with E-state index in [2.05, 4.69) is 21.7 Å². The highest BCUT2D eigenvalue weighted by Gasteiger charge is 2.25. The molecule has 24 heavy (non-hydrogen) atoms. The molecule has 1 atom stereocenters. The Morgan fingerprint density at radius 2 is 2.21 bits per heavy atom. The molecule has 1 heterocycles. The van der Waals surface area contributed by atoms with Gasteiger partial charge in [-0.1, -0.05) is 19.1 Å². The molecule has 0 spiro atoms. The first-order valence-corrected chi connectivity index (χ1v) is 8.39. The van der Waals surface area contributed by atoms with Crippen LogP contribution in [-0.4, -0.2) is 24.5 Å². The molecule has 0 bridgehead atoms. The number of amides is 1. The van der Waals surface area contributed by atoms with E-state index >= 15 is 0 Å². The van der Waals surface area contributed by atoms with Gasteiger partial charge in [0.05, 0.1) is 18.7 Å². The highest BCUT2D eigenvalue weighted by atomic mass is 16.5. The second-order valence-corrected chi connectivity index (χ2v) is 5.95. The summed E-state index contributed by atoms with van der Waals surface area (Å²) >= 11 is 0. The van der Waals surface area contributed by atoms with Crippen LogP contribution in [0.4, 0.5) is 5.82 Å². The van der Waals surface area contributed by atoms with E-state index in [4.69, 9.17) is 4.74 Å². The standard InChI is InChI=1S/C19H23N3O2/c1-3-11-20-19(23)13-7-10-18(21-12-13)22-16-9-8-15-14(16)5-4-6-17(15)24-2/h4-7,10,12,16H,3,8-9,11H2,1-2H3,(H,20,23)(H,21,22). The molecular formula is C19H23N3O2. The Balaban J connectivity index is 1.69. The number of fused-ring (bicyclic) bond motifs is 1. The SMILES string of the molecule is CCCNC(=O)c1ccc(NC2CCc3c(OC)cccc32)nc1. The molecule has 5 nitrogen and oxygen atoms in total. The fourth-order valence-electron chi connectivity index (χ4n) is 3.09. The Kier molecular flexibility index (Phi) is 4.99. The second-order valence-electron chi connectivity index (χ2n) is 5.95.